The van der Waals surface area contributed by atoms with Crippen molar-refractivity contribution in [1.29, 1.82) is 0 Å². The standard InChI is InChI=1S/C17H15ClN4O3/c1-10-7-16(22-25-10)21-17(23)13-5-4-12(9-19-13)20-14-8-11(18)3-6-15(14)24-2/h3-9,20H,1-2H3,(H,21,22,23). The Morgan fingerprint density at radius 1 is 1.24 bits per heavy atom. The normalized spacial score (nSPS) is 10.4. The molecule has 3 aromatic rings. The van der Waals surface area contributed by atoms with Crippen molar-refractivity contribution >= 4 is 34.7 Å². The lowest BCUT2D eigenvalue weighted by molar-refractivity contribution is 0.102. The molecule has 3 rings (SSSR count). The van der Waals surface area contributed by atoms with Crippen molar-refractivity contribution < 1.29 is 14.1 Å². The van der Waals surface area contributed by atoms with E-state index in [2.05, 4.69) is 20.8 Å². The molecule has 0 aliphatic rings. The molecule has 8 heteroatoms. The van der Waals surface area contributed by atoms with Crippen LogP contribution in [0.1, 0.15) is 16.2 Å². The number of aryl methyl sites for hydroxylation is 1. The first-order valence-corrected chi connectivity index (χ1v) is 7.74. The van der Waals surface area contributed by atoms with Crippen LogP contribution < -0.4 is 15.4 Å². The van der Waals surface area contributed by atoms with Gasteiger partial charge in [-0.3, -0.25) is 4.79 Å². The van der Waals surface area contributed by atoms with Crippen LogP contribution in [0.5, 0.6) is 5.75 Å². The van der Waals surface area contributed by atoms with E-state index in [1.165, 1.54) is 0 Å². The summed E-state index contributed by atoms with van der Waals surface area (Å²) < 4.78 is 10.2. The van der Waals surface area contributed by atoms with Crippen LogP contribution in [-0.2, 0) is 0 Å². The first kappa shape index (κ1) is 16.8. The molecule has 25 heavy (non-hydrogen) atoms. The summed E-state index contributed by atoms with van der Waals surface area (Å²) >= 11 is 6.01. The maximum atomic E-state index is 12.1. The van der Waals surface area contributed by atoms with E-state index in [-0.39, 0.29) is 11.6 Å². The Bertz CT molecular complexity index is 893. The fourth-order valence-electron chi connectivity index (χ4n) is 2.14. The molecule has 0 atom stereocenters. The van der Waals surface area contributed by atoms with Gasteiger partial charge in [0.2, 0.25) is 0 Å². The minimum absolute atomic E-state index is 0.254. The van der Waals surface area contributed by atoms with Crippen LogP contribution in [0, 0.1) is 6.92 Å². The molecule has 0 radical (unpaired) electrons. The number of anilines is 3. The van der Waals surface area contributed by atoms with Crippen molar-refractivity contribution in [3.05, 3.63) is 59.1 Å². The van der Waals surface area contributed by atoms with E-state index in [0.717, 1.165) is 0 Å². The quantitative estimate of drug-likeness (QED) is 0.715. The molecule has 0 unspecified atom stereocenters. The summed E-state index contributed by atoms with van der Waals surface area (Å²) in [4.78, 5) is 16.3. The van der Waals surface area contributed by atoms with Crippen LogP contribution in [0.2, 0.25) is 5.02 Å². The SMILES string of the molecule is COc1ccc(Cl)cc1Nc1ccc(C(=O)Nc2cc(C)on2)nc1. The lowest BCUT2D eigenvalue weighted by Crippen LogP contribution is -2.13. The first-order chi connectivity index (χ1) is 12.0. The highest BCUT2D eigenvalue weighted by Gasteiger charge is 2.11. The van der Waals surface area contributed by atoms with Crippen molar-refractivity contribution in [2.45, 2.75) is 6.92 Å². The van der Waals surface area contributed by atoms with Crippen molar-refractivity contribution in [3.63, 3.8) is 0 Å². The van der Waals surface area contributed by atoms with Gasteiger partial charge in [-0.1, -0.05) is 16.8 Å². The fraction of sp³-hybridized carbons (Fsp3) is 0.118. The first-order valence-electron chi connectivity index (χ1n) is 7.36. The van der Waals surface area contributed by atoms with Gasteiger partial charge in [-0.2, -0.15) is 0 Å². The summed E-state index contributed by atoms with van der Waals surface area (Å²) in [6, 6.07) is 10.2. The zero-order valence-electron chi connectivity index (χ0n) is 13.5. The van der Waals surface area contributed by atoms with Crippen LogP contribution in [-0.4, -0.2) is 23.2 Å². The number of nitrogens with zero attached hydrogens (tertiary/aromatic N) is 2. The minimum Gasteiger partial charge on any atom is -0.495 e. The Balaban J connectivity index is 1.72. The van der Waals surface area contributed by atoms with Gasteiger partial charge >= 0.3 is 0 Å². The number of pyridine rings is 1. The minimum atomic E-state index is -0.375. The van der Waals surface area contributed by atoms with Gasteiger partial charge in [0, 0.05) is 11.1 Å². The van der Waals surface area contributed by atoms with Gasteiger partial charge in [-0.25, -0.2) is 4.98 Å². The smallest absolute Gasteiger partial charge is 0.275 e. The van der Waals surface area contributed by atoms with Gasteiger partial charge in [0.05, 0.1) is 24.7 Å². The average Bonchev–Trinajstić information content (AvgIpc) is 3.00. The summed E-state index contributed by atoms with van der Waals surface area (Å²) in [6.07, 6.45) is 1.54. The molecule has 2 N–H and O–H groups in total. The highest BCUT2D eigenvalue weighted by molar-refractivity contribution is 6.31. The van der Waals surface area contributed by atoms with Crippen molar-refractivity contribution in [3.8, 4) is 5.75 Å². The molecule has 1 aromatic carbocycles. The maximum Gasteiger partial charge on any atom is 0.275 e. The van der Waals surface area contributed by atoms with E-state index in [0.29, 0.717) is 33.7 Å². The summed E-state index contributed by atoms with van der Waals surface area (Å²) in [5, 5.41) is 10.0. The monoisotopic (exact) mass is 358 g/mol. The number of carbonyl (C=O) groups excluding carboxylic acids is 1. The molecular weight excluding hydrogens is 344 g/mol. The van der Waals surface area contributed by atoms with Crippen LogP contribution in [0.3, 0.4) is 0 Å². The molecule has 2 aromatic heterocycles. The molecule has 2 heterocycles. The van der Waals surface area contributed by atoms with Crippen molar-refractivity contribution in [1.82, 2.24) is 10.1 Å². The third-order valence-electron chi connectivity index (χ3n) is 3.31. The maximum absolute atomic E-state index is 12.1. The van der Waals surface area contributed by atoms with Gasteiger partial charge in [-0.15, -0.1) is 0 Å². The number of rotatable bonds is 5. The molecule has 0 aliphatic carbocycles. The van der Waals surface area contributed by atoms with Gasteiger partial charge in [0.15, 0.2) is 5.82 Å². The van der Waals surface area contributed by atoms with E-state index in [9.17, 15) is 4.79 Å². The third-order valence-corrected chi connectivity index (χ3v) is 3.54. The lowest BCUT2D eigenvalue weighted by Gasteiger charge is -2.11. The van der Waals surface area contributed by atoms with Crippen LogP contribution in [0.15, 0.2) is 47.1 Å². The lowest BCUT2D eigenvalue weighted by atomic mass is 10.2. The average molecular weight is 359 g/mol. The number of amides is 1. The van der Waals surface area contributed by atoms with Gasteiger partial charge in [0.1, 0.15) is 17.2 Å². The Morgan fingerprint density at radius 2 is 2.08 bits per heavy atom. The summed E-state index contributed by atoms with van der Waals surface area (Å²) in [5.41, 5.74) is 1.64. The molecule has 1 amide bonds. The summed E-state index contributed by atoms with van der Waals surface area (Å²) in [7, 11) is 1.58. The number of nitrogens with one attached hydrogen (secondary N) is 2. The van der Waals surface area contributed by atoms with Gasteiger partial charge in [0.25, 0.3) is 5.91 Å². The topological polar surface area (TPSA) is 89.3 Å². The Hall–Kier alpha value is -3.06. The molecule has 0 saturated carbocycles. The van der Waals surface area contributed by atoms with Crippen molar-refractivity contribution in [2.24, 2.45) is 0 Å². The Labute approximate surface area is 149 Å². The molecule has 0 saturated heterocycles. The van der Waals surface area contributed by atoms with E-state index in [1.807, 2.05) is 0 Å². The molecular formula is C17H15ClN4O3. The largest absolute Gasteiger partial charge is 0.495 e. The molecule has 7 nitrogen and oxygen atoms in total. The van der Waals surface area contributed by atoms with Crippen molar-refractivity contribution in [2.75, 3.05) is 17.7 Å². The summed E-state index contributed by atoms with van der Waals surface area (Å²) in [6.45, 7) is 1.74. The zero-order valence-corrected chi connectivity index (χ0v) is 14.3. The molecule has 0 spiro atoms. The number of carbonyl (C=O) groups is 1. The Morgan fingerprint density at radius 3 is 2.72 bits per heavy atom. The number of hydrogen-bond acceptors (Lipinski definition) is 6. The predicted octanol–water partition coefficient (Wildman–Crippen LogP) is 4.04. The van der Waals surface area contributed by atoms with E-state index in [4.69, 9.17) is 20.9 Å². The van der Waals surface area contributed by atoms with Crippen LogP contribution >= 0.6 is 11.6 Å². The fourth-order valence-corrected chi connectivity index (χ4v) is 2.31. The Kier molecular flexibility index (Phi) is 4.85. The number of hydrogen-bond donors (Lipinski definition) is 2. The van der Waals surface area contributed by atoms with E-state index in [1.54, 1.807) is 56.6 Å². The second-order valence-corrected chi connectivity index (χ2v) is 5.62. The number of benzene rings is 1. The molecule has 0 aliphatic heterocycles. The van der Waals surface area contributed by atoms with Gasteiger partial charge < -0.3 is 19.9 Å². The number of ether oxygens (including phenoxy) is 1. The molecule has 128 valence electrons. The number of halogens is 1. The van der Waals surface area contributed by atoms with Crippen LogP contribution in [0.25, 0.3) is 0 Å². The number of methoxy groups -OCH3 is 1. The second-order valence-electron chi connectivity index (χ2n) is 5.18. The molecule has 0 bridgehead atoms. The van der Waals surface area contributed by atoms with E-state index < -0.39 is 0 Å². The van der Waals surface area contributed by atoms with Gasteiger partial charge in [-0.05, 0) is 37.3 Å². The molecule has 0 fully saturated rings. The highest BCUT2D eigenvalue weighted by Crippen LogP contribution is 2.30. The van der Waals surface area contributed by atoms with Crippen LogP contribution in [0.4, 0.5) is 17.2 Å². The highest BCUT2D eigenvalue weighted by atomic mass is 35.5. The summed E-state index contributed by atoms with van der Waals surface area (Å²) in [5.74, 6) is 1.22. The third kappa shape index (κ3) is 4.07. The second kappa shape index (κ2) is 7.23. The predicted molar refractivity (Wildman–Crippen MR) is 94.7 cm³/mol. The van der Waals surface area contributed by atoms with E-state index >= 15 is 0 Å². The zero-order chi connectivity index (χ0) is 17.8. The number of aromatic nitrogens is 2.